The van der Waals surface area contributed by atoms with Crippen LogP contribution in [0.25, 0.3) is 0 Å². The summed E-state index contributed by atoms with van der Waals surface area (Å²) in [6, 6.07) is 0.483. The summed E-state index contributed by atoms with van der Waals surface area (Å²) in [5, 5.41) is 11.8. The largest absolute Gasteiger partial charge is 0.389 e. The summed E-state index contributed by atoms with van der Waals surface area (Å²) < 4.78 is 0. The number of nitrogens with zero attached hydrogens (tertiary/aromatic N) is 2. The lowest BCUT2D eigenvalue weighted by molar-refractivity contribution is 0.278. The lowest BCUT2D eigenvalue weighted by atomic mass is 10.2. The molecule has 0 radical (unpaired) electrons. The van der Waals surface area contributed by atoms with Crippen LogP contribution < -0.4 is 0 Å². The van der Waals surface area contributed by atoms with Crippen molar-refractivity contribution in [2.75, 3.05) is 13.6 Å². The van der Waals surface area contributed by atoms with E-state index in [1.54, 1.807) is 11.3 Å². The van der Waals surface area contributed by atoms with Gasteiger partial charge in [-0.05, 0) is 26.4 Å². The minimum atomic E-state index is 0.0705. The van der Waals surface area contributed by atoms with E-state index in [4.69, 9.17) is 5.11 Å². The van der Waals surface area contributed by atoms with Gasteiger partial charge in [-0.3, -0.25) is 4.90 Å². The van der Waals surface area contributed by atoms with Gasteiger partial charge in [-0.2, -0.15) is 0 Å². The Bertz CT molecular complexity index is 287. The average molecular weight is 198 g/mol. The van der Waals surface area contributed by atoms with Gasteiger partial charge in [-0.25, -0.2) is 4.98 Å². The zero-order chi connectivity index (χ0) is 9.26. The van der Waals surface area contributed by atoms with Crippen molar-refractivity contribution in [2.45, 2.75) is 25.5 Å². The minimum Gasteiger partial charge on any atom is -0.389 e. The molecule has 1 aromatic rings. The van der Waals surface area contributed by atoms with Crippen molar-refractivity contribution in [3.05, 3.63) is 16.1 Å². The Morgan fingerprint density at radius 1 is 1.77 bits per heavy atom. The SMILES string of the molecule is CN1CCCC1c1csc(CO)n1. The molecule has 2 rings (SSSR count). The number of aromatic nitrogens is 1. The van der Waals surface area contributed by atoms with Crippen LogP contribution in [0.15, 0.2) is 5.38 Å². The molecule has 1 aliphatic heterocycles. The van der Waals surface area contributed by atoms with E-state index < -0.39 is 0 Å². The molecule has 3 nitrogen and oxygen atoms in total. The maximum atomic E-state index is 8.89. The van der Waals surface area contributed by atoms with Crippen LogP contribution >= 0.6 is 11.3 Å². The number of thiazole rings is 1. The van der Waals surface area contributed by atoms with Gasteiger partial charge in [0.05, 0.1) is 18.3 Å². The number of hydrogen-bond acceptors (Lipinski definition) is 4. The van der Waals surface area contributed by atoms with Crippen LogP contribution in [0.5, 0.6) is 0 Å². The molecule has 0 aliphatic carbocycles. The Morgan fingerprint density at radius 3 is 3.15 bits per heavy atom. The van der Waals surface area contributed by atoms with E-state index in [-0.39, 0.29) is 6.61 Å². The lowest BCUT2D eigenvalue weighted by Gasteiger charge is -2.16. The van der Waals surface area contributed by atoms with E-state index in [1.807, 2.05) is 0 Å². The number of likely N-dealkylation sites (tertiary alicyclic amines) is 1. The fourth-order valence-electron chi connectivity index (χ4n) is 1.83. The summed E-state index contributed by atoms with van der Waals surface area (Å²) >= 11 is 1.55. The van der Waals surface area contributed by atoms with E-state index in [1.165, 1.54) is 12.8 Å². The third kappa shape index (κ3) is 1.75. The smallest absolute Gasteiger partial charge is 0.118 e. The van der Waals surface area contributed by atoms with Crippen LogP contribution in [0.2, 0.25) is 0 Å². The van der Waals surface area contributed by atoms with E-state index in [0.717, 1.165) is 17.2 Å². The van der Waals surface area contributed by atoms with E-state index in [2.05, 4.69) is 22.3 Å². The molecule has 1 aromatic heterocycles. The fourth-order valence-corrected chi connectivity index (χ4v) is 2.53. The highest BCUT2D eigenvalue weighted by Crippen LogP contribution is 2.30. The van der Waals surface area contributed by atoms with E-state index in [0.29, 0.717) is 6.04 Å². The normalized spacial score (nSPS) is 24.0. The molecule has 4 heteroatoms. The molecular formula is C9H14N2OS. The molecule has 13 heavy (non-hydrogen) atoms. The van der Waals surface area contributed by atoms with Crippen molar-refractivity contribution in [3.63, 3.8) is 0 Å². The molecule has 1 aliphatic rings. The molecule has 0 spiro atoms. The predicted molar refractivity (Wildman–Crippen MR) is 52.6 cm³/mol. The summed E-state index contributed by atoms with van der Waals surface area (Å²) in [6.45, 7) is 1.23. The maximum absolute atomic E-state index is 8.89. The monoisotopic (exact) mass is 198 g/mol. The van der Waals surface area contributed by atoms with Gasteiger partial charge in [0, 0.05) is 5.38 Å². The quantitative estimate of drug-likeness (QED) is 0.780. The van der Waals surface area contributed by atoms with Gasteiger partial charge >= 0.3 is 0 Å². The van der Waals surface area contributed by atoms with Crippen LogP contribution in [0.4, 0.5) is 0 Å². The minimum absolute atomic E-state index is 0.0705. The molecule has 72 valence electrons. The summed E-state index contributed by atoms with van der Waals surface area (Å²) in [5.74, 6) is 0. The van der Waals surface area contributed by atoms with Crippen molar-refractivity contribution in [1.82, 2.24) is 9.88 Å². The van der Waals surface area contributed by atoms with Crippen LogP contribution in [-0.2, 0) is 6.61 Å². The molecule has 2 heterocycles. The van der Waals surface area contributed by atoms with Gasteiger partial charge in [-0.15, -0.1) is 11.3 Å². The van der Waals surface area contributed by atoms with Gasteiger partial charge in [0.1, 0.15) is 5.01 Å². The van der Waals surface area contributed by atoms with Gasteiger partial charge in [-0.1, -0.05) is 0 Å². The van der Waals surface area contributed by atoms with Crippen LogP contribution in [-0.4, -0.2) is 28.6 Å². The second-order valence-electron chi connectivity index (χ2n) is 3.46. The molecular weight excluding hydrogens is 184 g/mol. The number of rotatable bonds is 2. The molecule has 1 saturated heterocycles. The molecule has 0 bridgehead atoms. The van der Waals surface area contributed by atoms with Crippen LogP contribution in [0.1, 0.15) is 29.6 Å². The third-order valence-electron chi connectivity index (χ3n) is 2.57. The molecule has 0 amide bonds. The molecule has 1 N–H and O–H groups in total. The number of aliphatic hydroxyl groups is 1. The Balaban J connectivity index is 2.15. The van der Waals surface area contributed by atoms with E-state index in [9.17, 15) is 0 Å². The zero-order valence-corrected chi connectivity index (χ0v) is 8.55. The highest BCUT2D eigenvalue weighted by Gasteiger charge is 2.24. The highest BCUT2D eigenvalue weighted by atomic mass is 32.1. The van der Waals surface area contributed by atoms with Gasteiger partial charge < -0.3 is 5.11 Å². The molecule has 0 saturated carbocycles. The van der Waals surface area contributed by atoms with Crippen LogP contribution in [0.3, 0.4) is 0 Å². The summed E-state index contributed by atoms with van der Waals surface area (Å²) in [6.07, 6.45) is 2.46. The van der Waals surface area contributed by atoms with Crippen molar-refractivity contribution < 1.29 is 5.11 Å². The summed E-state index contributed by atoms with van der Waals surface area (Å²) in [4.78, 5) is 6.72. The second kappa shape index (κ2) is 3.74. The Hall–Kier alpha value is -0.450. The standard InChI is InChI=1S/C9H14N2OS/c1-11-4-2-3-8(11)7-6-13-9(5-12)10-7/h6,8,12H,2-5H2,1H3. The van der Waals surface area contributed by atoms with Gasteiger partial charge in [0.2, 0.25) is 0 Å². The Morgan fingerprint density at radius 2 is 2.62 bits per heavy atom. The van der Waals surface area contributed by atoms with Gasteiger partial charge in [0.25, 0.3) is 0 Å². The van der Waals surface area contributed by atoms with Crippen molar-refractivity contribution >= 4 is 11.3 Å². The summed E-state index contributed by atoms with van der Waals surface area (Å²) in [5.41, 5.74) is 1.13. The maximum Gasteiger partial charge on any atom is 0.118 e. The Labute approximate surface area is 82.0 Å². The van der Waals surface area contributed by atoms with Gasteiger partial charge in [0.15, 0.2) is 0 Å². The van der Waals surface area contributed by atoms with E-state index >= 15 is 0 Å². The lowest BCUT2D eigenvalue weighted by Crippen LogP contribution is -2.17. The zero-order valence-electron chi connectivity index (χ0n) is 7.73. The highest BCUT2D eigenvalue weighted by molar-refractivity contribution is 7.09. The molecule has 0 aromatic carbocycles. The van der Waals surface area contributed by atoms with Crippen molar-refractivity contribution in [1.29, 1.82) is 0 Å². The fraction of sp³-hybridized carbons (Fsp3) is 0.667. The Kier molecular flexibility index (Phi) is 2.62. The first kappa shape index (κ1) is 9.12. The predicted octanol–water partition coefficient (Wildman–Crippen LogP) is 1.40. The number of hydrogen-bond donors (Lipinski definition) is 1. The molecule has 1 fully saturated rings. The first-order valence-electron chi connectivity index (χ1n) is 4.56. The molecule has 1 atom stereocenters. The first-order chi connectivity index (χ1) is 6.31. The summed E-state index contributed by atoms with van der Waals surface area (Å²) in [7, 11) is 2.13. The first-order valence-corrected chi connectivity index (χ1v) is 5.44. The van der Waals surface area contributed by atoms with Crippen molar-refractivity contribution in [3.8, 4) is 0 Å². The second-order valence-corrected chi connectivity index (χ2v) is 4.41. The van der Waals surface area contributed by atoms with Crippen molar-refractivity contribution in [2.24, 2.45) is 0 Å². The average Bonchev–Trinajstić information content (AvgIpc) is 2.71. The topological polar surface area (TPSA) is 36.4 Å². The van der Waals surface area contributed by atoms with Crippen LogP contribution in [0, 0.1) is 0 Å². The third-order valence-corrected chi connectivity index (χ3v) is 3.42. The number of aliphatic hydroxyl groups excluding tert-OH is 1. The molecule has 1 unspecified atom stereocenters.